The van der Waals surface area contributed by atoms with Gasteiger partial charge in [-0.1, -0.05) is 12.1 Å². The van der Waals surface area contributed by atoms with Crippen molar-refractivity contribution >= 4 is 41.6 Å². The van der Waals surface area contributed by atoms with E-state index in [-0.39, 0.29) is 47.2 Å². The Morgan fingerprint density at radius 1 is 0.543 bits per heavy atom. The van der Waals surface area contributed by atoms with E-state index in [1.165, 1.54) is 31.4 Å². The highest BCUT2D eigenvalue weighted by molar-refractivity contribution is 5.93. The van der Waals surface area contributed by atoms with Gasteiger partial charge >= 0.3 is 24.2 Å². The number of benzene rings is 4. The summed E-state index contributed by atoms with van der Waals surface area (Å²) in [6, 6.07) is 18.9. The molecule has 0 unspecified atom stereocenters. The van der Waals surface area contributed by atoms with Crippen LogP contribution in [0.4, 0.5) is 11.4 Å². The molecule has 4 N–H and O–H groups in total. The van der Waals surface area contributed by atoms with Gasteiger partial charge in [-0.05, 0) is 106 Å². The molecule has 0 spiro atoms. The minimum atomic E-state index is -1.50. The number of carbonyl (C=O) groups is 3. The zero-order valence-electron chi connectivity index (χ0n) is 38.4. The number of carboxylic acids is 3. The number of nitro groups is 2. The fraction of sp³-hybridized carbons (Fsp3) is 0.341. The standard InChI is InChI=1S/C20H22N2O9.C20H24O5.C2H4O2.2CO2.HNO3/c1-13-10-15(20(23)24)16(22(27)28)12-18(13)30-8-4-3-5-9-31-19-11-14(21(25)26)6-7-17(19)29-2;1-15-14-16(20(21)22)10-11-17(15)24-12-6-3-7-13-25-19-9-5-4-8-18(19)23-2;1-2(3)4;2*2-1-3;2-1(3)4/h6-7,10-12H,3-5,8-9H2,1-2H3,(H,23,24);4-5,8-11,14H,3,6-7,12-13H2,1-2H3,(H,21,22);1H3,(H,3,4);;;(H,2,3,4). The molecule has 4 rings (SSSR count). The second-order valence-corrected chi connectivity index (χ2v) is 13.2. The normalized spacial score (nSPS) is 9.21. The number of rotatable bonds is 22. The van der Waals surface area contributed by atoms with Crippen molar-refractivity contribution in [2.45, 2.75) is 59.3 Å². The molecule has 0 bridgehead atoms. The van der Waals surface area contributed by atoms with Crippen LogP contribution in [0.15, 0.2) is 72.8 Å². The number of nitro benzene ring substituents is 2. The lowest BCUT2D eigenvalue weighted by atomic mass is 10.1. The largest absolute Gasteiger partial charge is 0.493 e. The topological polar surface area (TPSA) is 385 Å². The summed E-state index contributed by atoms with van der Waals surface area (Å²) < 4.78 is 33.0. The molecule has 0 aliphatic rings. The Bertz CT molecular complexity index is 2330. The van der Waals surface area contributed by atoms with Gasteiger partial charge in [-0.3, -0.25) is 25.0 Å². The second-order valence-electron chi connectivity index (χ2n) is 13.2. The molecule has 0 aliphatic heterocycles. The molecule has 380 valence electrons. The van der Waals surface area contributed by atoms with Crippen LogP contribution >= 0.6 is 0 Å². The van der Waals surface area contributed by atoms with E-state index in [4.69, 9.17) is 83.0 Å². The monoisotopic (exact) mass is 989 g/mol. The van der Waals surface area contributed by atoms with E-state index in [0.29, 0.717) is 50.4 Å². The number of ether oxygens (including phenoxy) is 6. The Kier molecular flexibility index (Phi) is 33.3. The molecular weight excluding hydrogens is 938 g/mol. The van der Waals surface area contributed by atoms with Gasteiger partial charge in [0.2, 0.25) is 0 Å². The van der Waals surface area contributed by atoms with E-state index < -0.39 is 38.5 Å². The first-order chi connectivity index (χ1) is 33.1. The van der Waals surface area contributed by atoms with Crippen LogP contribution in [-0.2, 0) is 24.0 Å². The van der Waals surface area contributed by atoms with Gasteiger partial charge in [0.25, 0.3) is 22.4 Å². The highest BCUT2D eigenvalue weighted by atomic mass is 16.9. The first-order valence-corrected chi connectivity index (χ1v) is 20.0. The van der Waals surface area contributed by atoms with Gasteiger partial charge in [0.05, 0.1) is 68.2 Å². The maximum Gasteiger partial charge on any atom is 0.373 e. The predicted octanol–water partition coefficient (Wildman–Crippen LogP) is 7.05. The van der Waals surface area contributed by atoms with Gasteiger partial charge in [0.1, 0.15) is 17.1 Å². The second kappa shape index (κ2) is 37.0. The molecule has 4 aromatic carbocycles. The summed E-state index contributed by atoms with van der Waals surface area (Å²) >= 11 is 0. The molecule has 0 saturated carbocycles. The van der Waals surface area contributed by atoms with Crippen LogP contribution in [0, 0.1) is 44.2 Å². The summed E-state index contributed by atoms with van der Waals surface area (Å²) in [4.78, 5) is 92.6. The number of non-ortho nitro benzene ring substituents is 1. The van der Waals surface area contributed by atoms with Crippen LogP contribution in [0.5, 0.6) is 34.5 Å². The van der Waals surface area contributed by atoms with E-state index in [2.05, 4.69) is 0 Å². The quantitative estimate of drug-likeness (QED) is 0.0348. The number of aliphatic carboxylic acids is 1. The molecule has 26 heteroatoms. The average molecular weight is 990 g/mol. The Balaban J connectivity index is 0. The van der Waals surface area contributed by atoms with E-state index in [1.54, 1.807) is 32.2 Å². The van der Waals surface area contributed by atoms with Crippen molar-refractivity contribution in [2.24, 2.45) is 0 Å². The number of hydrogen-bond donors (Lipinski definition) is 4. The molecule has 4 aromatic rings. The van der Waals surface area contributed by atoms with Gasteiger partial charge in [-0.25, -0.2) is 9.59 Å². The van der Waals surface area contributed by atoms with Crippen LogP contribution < -0.4 is 28.4 Å². The molecule has 0 amide bonds. The fourth-order valence-electron chi connectivity index (χ4n) is 5.22. The number of hydrogen-bond acceptors (Lipinski definition) is 19. The minimum Gasteiger partial charge on any atom is -0.493 e. The lowest BCUT2D eigenvalue weighted by molar-refractivity contribution is -0.742. The molecule has 0 atom stereocenters. The zero-order chi connectivity index (χ0) is 53.6. The molecule has 0 radical (unpaired) electrons. The Labute approximate surface area is 398 Å². The average Bonchev–Trinajstić information content (AvgIpc) is 3.29. The summed E-state index contributed by atoms with van der Waals surface area (Å²) in [5.74, 6) is 0.0442. The highest BCUT2D eigenvalue weighted by Gasteiger charge is 2.22. The number of aromatic carboxylic acids is 2. The highest BCUT2D eigenvalue weighted by Crippen LogP contribution is 2.32. The Morgan fingerprint density at radius 2 is 0.943 bits per heavy atom. The number of carboxylic acid groups (broad SMARTS) is 3. The van der Waals surface area contributed by atoms with Crippen molar-refractivity contribution < 1.29 is 97.4 Å². The van der Waals surface area contributed by atoms with E-state index >= 15 is 0 Å². The summed E-state index contributed by atoms with van der Waals surface area (Å²) in [5, 5.41) is 61.1. The Morgan fingerprint density at radius 3 is 1.36 bits per heavy atom. The van der Waals surface area contributed by atoms with Gasteiger partial charge < -0.3 is 48.9 Å². The first kappa shape index (κ1) is 62.9. The van der Waals surface area contributed by atoms with Gasteiger partial charge in [0, 0.05) is 13.0 Å². The van der Waals surface area contributed by atoms with Crippen LogP contribution in [0.1, 0.15) is 77.3 Å². The number of nitrogens with zero attached hydrogens (tertiary/aromatic N) is 3. The molecule has 70 heavy (non-hydrogen) atoms. The van der Waals surface area contributed by atoms with Crippen molar-refractivity contribution in [3.05, 3.63) is 125 Å². The van der Waals surface area contributed by atoms with Crippen molar-refractivity contribution in [1.29, 1.82) is 0 Å². The van der Waals surface area contributed by atoms with E-state index in [9.17, 15) is 29.8 Å². The van der Waals surface area contributed by atoms with Crippen molar-refractivity contribution in [3.63, 3.8) is 0 Å². The van der Waals surface area contributed by atoms with E-state index in [1.807, 2.05) is 31.2 Å². The molecule has 0 heterocycles. The summed E-state index contributed by atoms with van der Waals surface area (Å²) in [6.07, 6.45) is 5.32. The maximum absolute atomic E-state index is 11.1. The number of methoxy groups -OCH3 is 2. The molecule has 0 aromatic heterocycles. The number of para-hydroxylation sites is 2. The van der Waals surface area contributed by atoms with Crippen molar-refractivity contribution in [1.82, 2.24) is 0 Å². The lowest BCUT2D eigenvalue weighted by Gasteiger charge is -2.11. The molecule has 0 saturated heterocycles. The number of aryl methyl sites for hydroxylation is 2. The summed E-state index contributed by atoms with van der Waals surface area (Å²) in [7, 11) is 3.07. The molecule has 26 nitrogen and oxygen atoms in total. The molecule has 0 aliphatic carbocycles. The zero-order valence-corrected chi connectivity index (χ0v) is 38.4. The van der Waals surface area contributed by atoms with Crippen LogP contribution in [0.3, 0.4) is 0 Å². The van der Waals surface area contributed by atoms with Crippen LogP contribution in [0.2, 0.25) is 0 Å². The smallest absolute Gasteiger partial charge is 0.373 e. The Hall–Kier alpha value is -9.15. The molecule has 0 fully saturated rings. The molecular formula is C44H51N3O23. The third-order valence-corrected chi connectivity index (χ3v) is 8.18. The summed E-state index contributed by atoms with van der Waals surface area (Å²) in [5.41, 5.74) is 0.598. The SMILES string of the molecule is CC(=O)O.COc1ccc([N+](=O)[O-])cc1OCCCCCOc1cc([N+](=O)[O-])c(C(=O)O)cc1C.COc1ccccc1OCCCCCOc1ccc(C(=O)O)cc1C.O=C=O.O=C=O.O=[N+]([O-])O. The minimum absolute atomic E-state index is 0.0948. The number of carbonyl (C=O) groups excluding carboxylic acids is 4. The third kappa shape index (κ3) is 28.0. The lowest BCUT2D eigenvalue weighted by Crippen LogP contribution is -2.06. The summed E-state index contributed by atoms with van der Waals surface area (Å²) in [6.45, 7) is 6.38. The van der Waals surface area contributed by atoms with Gasteiger partial charge in [0.15, 0.2) is 23.0 Å². The third-order valence-electron chi connectivity index (χ3n) is 8.18. The predicted molar refractivity (Wildman–Crippen MR) is 237 cm³/mol. The first-order valence-electron chi connectivity index (χ1n) is 20.0. The number of unbranched alkanes of at least 4 members (excludes halogenated alkanes) is 4. The fourth-order valence-corrected chi connectivity index (χ4v) is 5.22. The van der Waals surface area contributed by atoms with Crippen LogP contribution in [-0.4, -0.2) is 106 Å². The van der Waals surface area contributed by atoms with Crippen molar-refractivity contribution in [3.8, 4) is 34.5 Å². The van der Waals surface area contributed by atoms with Gasteiger partial charge in [-0.15, -0.1) is 10.1 Å². The van der Waals surface area contributed by atoms with E-state index in [0.717, 1.165) is 55.1 Å². The maximum atomic E-state index is 11.1. The van der Waals surface area contributed by atoms with Crippen LogP contribution in [0.25, 0.3) is 0 Å². The van der Waals surface area contributed by atoms with Crippen molar-refractivity contribution in [2.75, 3.05) is 40.6 Å². The van der Waals surface area contributed by atoms with Gasteiger partial charge in [-0.2, -0.15) is 19.2 Å².